The second-order valence-corrected chi connectivity index (χ2v) is 6.20. The first-order chi connectivity index (χ1) is 12.5. The molecule has 0 aliphatic carbocycles. The Morgan fingerprint density at radius 1 is 1.00 bits per heavy atom. The molecule has 0 bridgehead atoms. The second-order valence-electron chi connectivity index (χ2n) is 6.20. The fourth-order valence-corrected chi connectivity index (χ4v) is 2.66. The predicted molar refractivity (Wildman–Crippen MR) is 104 cm³/mol. The lowest BCUT2D eigenvalue weighted by molar-refractivity contribution is 0.0945. The minimum absolute atomic E-state index is 0.207. The summed E-state index contributed by atoms with van der Waals surface area (Å²) in [5, 5.41) is 2.94. The Balaban J connectivity index is 1.79. The Kier molecular flexibility index (Phi) is 5.27. The average molecular weight is 346 g/mol. The SMILES string of the molecule is Cc1cc(C(=O)NCc2ccccc2C)nc(N(C)c2ccccc2)n1. The van der Waals surface area contributed by atoms with Gasteiger partial charge < -0.3 is 10.2 Å². The number of hydrogen-bond donors (Lipinski definition) is 1. The number of nitrogens with zero attached hydrogens (tertiary/aromatic N) is 3. The number of carbonyl (C=O) groups is 1. The summed E-state index contributed by atoms with van der Waals surface area (Å²) in [6.45, 7) is 4.36. The Labute approximate surface area is 153 Å². The summed E-state index contributed by atoms with van der Waals surface area (Å²) >= 11 is 0. The van der Waals surface area contributed by atoms with Crippen molar-refractivity contribution in [3.63, 3.8) is 0 Å². The van der Waals surface area contributed by atoms with Crippen LogP contribution in [-0.2, 0) is 6.54 Å². The van der Waals surface area contributed by atoms with Gasteiger partial charge in [0.15, 0.2) is 0 Å². The van der Waals surface area contributed by atoms with Crippen LogP contribution >= 0.6 is 0 Å². The number of hydrogen-bond acceptors (Lipinski definition) is 4. The molecule has 0 radical (unpaired) electrons. The van der Waals surface area contributed by atoms with Gasteiger partial charge in [-0.15, -0.1) is 0 Å². The van der Waals surface area contributed by atoms with Crippen molar-refractivity contribution in [1.29, 1.82) is 0 Å². The summed E-state index contributed by atoms with van der Waals surface area (Å²) in [5.74, 6) is 0.290. The Hall–Kier alpha value is -3.21. The number of nitrogens with one attached hydrogen (secondary N) is 1. The second kappa shape index (κ2) is 7.78. The monoisotopic (exact) mass is 346 g/mol. The van der Waals surface area contributed by atoms with E-state index in [0.717, 1.165) is 22.5 Å². The molecule has 0 atom stereocenters. The van der Waals surface area contributed by atoms with Crippen LogP contribution in [0.2, 0.25) is 0 Å². The lowest BCUT2D eigenvalue weighted by Gasteiger charge is -2.18. The third kappa shape index (κ3) is 4.06. The van der Waals surface area contributed by atoms with Gasteiger partial charge in [-0.05, 0) is 43.2 Å². The predicted octanol–water partition coefficient (Wildman–Crippen LogP) is 3.79. The summed E-state index contributed by atoms with van der Waals surface area (Å²) in [4.78, 5) is 23.3. The van der Waals surface area contributed by atoms with E-state index < -0.39 is 0 Å². The molecule has 0 saturated carbocycles. The molecule has 1 aromatic heterocycles. The molecule has 2 aromatic carbocycles. The number of carbonyl (C=O) groups excluding carboxylic acids is 1. The van der Waals surface area contributed by atoms with Crippen LogP contribution < -0.4 is 10.2 Å². The topological polar surface area (TPSA) is 58.1 Å². The van der Waals surface area contributed by atoms with Crippen LogP contribution in [0.3, 0.4) is 0 Å². The van der Waals surface area contributed by atoms with Crippen LogP contribution in [0.1, 0.15) is 27.3 Å². The number of rotatable bonds is 5. The van der Waals surface area contributed by atoms with E-state index in [0.29, 0.717) is 18.2 Å². The van der Waals surface area contributed by atoms with Gasteiger partial charge in [0.1, 0.15) is 5.69 Å². The zero-order valence-corrected chi connectivity index (χ0v) is 15.2. The van der Waals surface area contributed by atoms with E-state index in [1.54, 1.807) is 6.07 Å². The van der Waals surface area contributed by atoms with Gasteiger partial charge in [0.05, 0.1) is 0 Å². The van der Waals surface area contributed by atoms with E-state index in [1.165, 1.54) is 0 Å². The minimum atomic E-state index is -0.207. The molecule has 0 aliphatic heterocycles. The summed E-state index contributed by atoms with van der Waals surface area (Å²) in [6, 6.07) is 19.5. The van der Waals surface area contributed by atoms with Crippen LogP contribution in [0.5, 0.6) is 0 Å². The molecule has 0 fully saturated rings. The molecule has 0 aliphatic rings. The number of para-hydroxylation sites is 1. The molecule has 0 unspecified atom stereocenters. The summed E-state index contributed by atoms with van der Waals surface area (Å²) in [5.41, 5.74) is 4.32. The highest BCUT2D eigenvalue weighted by atomic mass is 16.1. The van der Waals surface area contributed by atoms with Gasteiger partial charge in [-0.25, -0.2) is 9.97 Å². The van der Waals surface area contributed by atoms with Crippen LogP contribution in [0, 0.1) is 13.8 Å². The lowest BCUT2D eigenvalue weighted by Crippen LogP contribution is -2.25. The maximum absolute atomic E-state index is 12.6. The average Bonchev–Trinajstić information content (AvgIpc) is 2.66. The largest absolute Gasteiger partial charge is 0.347 e. The molecule has 1 heterocycles. The van der Waals surface area contributed by atoms with Gasteiger partial charge in [0.2, 0.25) is 5.95 Å². The van der Waals surface area contributed by atoms with E-state index in [-0.39, 0.29) is 5.91 Å². The van der Waals surface area contributed by atoms with Crippen molar-refractivity contribution in [1.82, 2.24) is 15.3 Å². The highest BCUT2D eigenvalue weighted by Crippen LogP contribution is 2.20. The number of anilines is 2. The van der Waals surface area contributed by atoms with Gasteiger partial charge in [0, 0.05) is 25.0 Å². The fraction of sp³-hybridized carbons (Fsp3) is 0.190. The zero-order chi connectivity index (χ0) is 18.5. The smallest absolute Gasteiger partial charge is 0.270 e. The Morgan fingerprint density at radius 2 is 1.69 bits per heavy atom. The Bertz CT molecular complexity index is 909. The van der Waals surface area contributed by atoms with Gasteiger partial charge in [-0.3, -0.25) is 4.79 Å². The van der Waals surface area contributed by atoms with Gasteiger partial charge in [-0.1, -0.05) is 42.5 Å². The van der Waals surface area contributed by atoms with Crippen molar-refractivity contribution in [3.05, 3.63) is 83.2 Å². The number of aryl methyl sites for hydroxylation is 2. The zero-order valence-electron chi connectivity index (χ0n) is 15.2. The molecule has 5 nitrogen and oxygen atoms in total. The van der Waals surface area contributed by atoms with Crippen LogP contribution in [-0.4, -0.2) is 22.9 Å². The quantitative estimate of drug-likeness (QED) is 0.763. The van der Waals surface area contributed by atoms with Crippen molar-refractivity contribution in [2.45, 2.75) is 20.4 Å². The van der Waals surface area contributed by atoms with Gasteiger partial charge in [0.25, 0.3) is 5.91 Å². The van der Waals surface area contributed by atoms with Crippen molar-refractivity contribution >= 4 is 17.5 Å². The maximum Gasteiger partial charge on any atom is 0.270 e. The molecule has 26 heavy (non-hydrogen) atoms. The molecule has 0 saturated heterocycles. The molecular weight excluding hydrogens is 324 g/mol. The van der Waals surface area contributed by atoms with E-state index in [2.05, 4.69) is 15.3 Å². The van der Waals surface area contributed by atoms with Crippen molar-refractivity contribution in [2.24, 2.45) is 0 Å². The molecular formula is C21H22N4O. The van der Waals surface area contributed by atoms with Crippen LogP contribution in [0.4, 0.5) is 11.6 Å². The first kappa shape index (κ1) is 17.6. The fourth-order valence-electron chi connectivity index (χ4n) is 2.66. The lowest BCUT2D eigenvalue weighted by atomic mass is 10.1. The minimum Gasteiger partial charge on any atom is -0.347 e. The summed E-state index contributed by atoms with van der Waals surface area (Å²) in [6.07, 6.45) is 0. The Morgan fingerprint density at radius 3 is 2.42 bits per heavy atom. The molecule has 0 spiro atoms. The van der Waals surface area contributed by atoms with E-state index >= 15 is 0 Å². The molecule has 5 heteroatoms. The highest BCUT2D eigenvalue weighted by molar-refractivity contribution is 5.92. The molecule has 1 amide bonds. The standard InChI is InChI=1S/C21H22N4O/c1-15-9-7-8-10-17(15)14-22-20(26)19-13-16(2)23-21(24-19)25(3)18-11-5-4-6-12-18/h4-13H,14H2,1-3H3,(H,22,26). The molecule has 3 rings (SSSR count). The third-order valence-electron chi connectivity index (χ3n) is 4.22. The molecule has 132 valence electrons. The van der Waals surface area contributed by atoms with Gasteiger partial charge in [-0.2, -0.15) is 0 Å². The van der Waals surface area contributed by atoms with Gasteiger partial charge >= 0.3 is 0 Å². The van der Waals surface area contributed by atoms with Crippen molar-refractivity contribution in [3.8, 4) is 0 Å². The normalized spacial score (nSPS) is 10.4. The molecule has 3 aromatic rings. The highest BCUT2D eigenvalue weighted by Gasteiger charge is 2.14. The van der Waals surface area contributed by atoms with Crippen molar-refractivity contribution < 1.29 is 4.79 Å². The summed E-state index contributed by atoms with van der Waals surface area (Å²) < 4.78 is 0. The van der Waals surface area contributed by atoms with E-state index in [1.807, 2.05) is 80.4 Å². The van der Waals surface area contributed by atoms with E-state index in [9.17, 15) is 4.79 Å². The third-order valence-corrected chi connectivity index (χ3v) is 4.22. The van der Waals surface area contributed by atoms with Crippen molar-refractivity contribution in [2.75, 3.05) is 11.9 Å². The number of aromatic nitrogens is 2. The number of benzene rings is 2. The first-order valence-electron chi connectivity index (χ1n) is 8.52. The number of amides is 1. The maximum atomic E-state index is 12.6. The first-order valence-corrected chi connectivity index (χ1v) is 8.52. The van der Waals surface area contributed by atoms with E-state index in [4.69, 9.17) is 0 Å². The van der Waals surface area contributed by atoms with Crippen LogP contribution in [0.25, 0.3) is 0 Å². The van der Waals surface area contributed by atoms with Crippen LogP contribution in [0.15, 0.2) is 60.7 Å². The summed E-state index contributed by atoms with van der Waals surface area (Å²) in [7, 11) is 1.89. The molecule has 1 N–H and O–H groups in total.